The quantitative estimate of drug-likeness (QED) is 0.318. The molecular formula is C29H41N3O6. The van der Waals surface area contributed by atoms with Crippen LogP contribution < -0.4 is 15.4 Å². The average Bonchev–Trinajstić information content (AvgIpc) is 2.85. The average molecular weight is 528 g/mol. The normalized spacial score (nSPS) is 12.7. The number of nitrogens with zero attached hydrogens (tertiary/aromatic N) is 1. The minimum absolute atomic E-state index is 0.0452. The van der Waals surface area contributed by atoms with Gasteiger partial charge in [-0.1, -0.05) is 38.3 Å². The molecule has 0 spiro atoms. The molecule has 0 aliphatic rings. The van der Waals surface area contributed by atoms with Gasteiger partial charge in [-0.05, 0) is 76.1 Å². The third kappa shape index (κ3) is 9.61. The Hall–Kier alpha value is -3.75. The first-order chi connectivity index (χ1) is 17.9. The number of amides is 3. The summed E-state index contributed by atoms with van der Waals surface area (Å²) in [7, 11) is 1.56. The lowest BCUT2D eigenvalue weighted by Gasteiger charge is -2.33. The Labute approximate surface area is 225 Å². The molecule has 0 aromatic heterocycles. The lowest BCUT2D eigenvalue weighted by atomic mass is 10.0. The van der Waals surface area contributed by atoms with E-state index in [9.17, 15) is 19.5 Å². The van der Waals surface area contributed by atoms with Crippen LogP contribution in [0.3, 0.4) is 0 Å². The van der Waals surface area contributed by atoms with Crippen LogP contribution in [0.2, 0.25) is 0 Å². The molecule has 0 heterocycles. The molecule has 0 aliphatic heterocycles. The Morgan fingerprint density at radius 2 is 1.61 bits per heavy atom. The number of alkyl carbamates (subject to hydrolysis) is 1. The number of methoxy groups -OCH3 is 1. The molecule has 2 atom stereocenters. The molecule has 2 aromatic rings. The maximum absolute atomic E-state index is 13.7. The lowest BCUT2D eigenvalue weighted by molar-refractivity contribution is -0.140. The van der Waals surface area contributed by atoms with E-state index >= 15 is 0 Å². The minimum Gasteiger partial charge on any atom is -0.508 e. The zero-order valence-electron chi connectivity index (χ0n) is 23.2. The van der Waals surface area contributed by atoms with Gasteiger partial charge < -0.3 is 30.1 Å². The molecule has 0 fully saturated rings. The van der Waals surface area contributed by atoms with Crippen molar-refractivity contribution >= 4 is 23.6 Å². The summed E-state index contributed by atoms with van der Waals surface area (Å²) in [6.07, 6.45) is 2.87. The van der Waals surface area contributed by atoms with E-state index in [1.54, 1.807) is 71.2 Å². The highest BCUT2D eigenvalue weighted by Gasteiger charge is 2.34. The molecule has 2 rings (SSSR count). The van der Waals surface area contributed by atoms with Crippen molar-refractivity contribution in [2.45, 2.75) is 78.0 Å². The van der Waals surface area contributed by atoms with E-state index in [1.807, 2.05) is 0 Å². The molecule has 9 heteroatoms. The summed E-state index contributed by atoms with van der Waals surface area (Å²) in [5.41, 5.74) is 0.347. The summed E-state index contributed by atoms with van der Waals surface area (Å²) >= 11 is 0. The SMILES string of the molecule is CCCCCCN(C(=O)C(C)NC(=O)OC(C)(C)C)C(C(=O)Nc1ccc(OC)cc1)c1ccc(O)cc1. The number of benzene rings is 2. The van der Waals surface area contributed by atoms with Gasteiger partial charge in [0.15, 0.2) is 0 Å². The van der Waals surface area contributed by atoms with Crippen LogP contribution in [0.25, 0.3) is 0 Å². The second-order valence-corrected chi connectivity index (χ2v) is 10.2. The van der Waals surface area contributed by atoms with Crippen LogP contribution in [0.1, 0.15) is 71.9 Å². The van der Waals surface area contributed by atoms with Crippen LogP contribution in [-0.4, -0.2) is 53.2 Å². The van der Waals surface area contributed by atoms with Gasteiger partial charge in [-0.3, -0.25) is 9.59 Å². The monoisotopic (exact) mass is 527 g/mol. The predicted molar refractivity (Wildman–Crippen MR) is 147 cm³/mol. The van der Waals surface area contributed by atoms with Gasteiger partial charge in [0.1, 0.15) is 29.2 Å². The van der Waals surface area contributed by atoms with Gasteiger partial charge in [-0.25, -0.2) is 4.79 Å². The summed E-state index contributed by atoms with van der Waals surface area (Å²) in [4.78, 5) is 41.3. The van der Waals surface area contributed by atoms with Gasteiger partial charge >= 0.3 is 6.09 Å². The number of carbonyl (C=O) groups is 3. The summed E-state index contributed by atoms with van der Waals surface area (Å²) in [5.74, 6) is -0.152. The lowest BCUT2D eigenvalue weighted by Crippen LogP contribution is -2.51. The highest BCUT2D eigenvalue weighted by Crippen LogP contribution is 2.27. The molecule has 3 amide bonds. The topological polar surface area (TPSA) is 117 Å². The number of anilines is 1. The molecule has 2 aromatic carbocycles. The molecule has 0 bridgehead atoms. The van der Waals surface area contributed by atoms with E-state index in [2.05, 4.69) is 17.6 Å². The highest BCUT2D eigenvalue weighted by atomic mass is 16.6. The number of hydrogen-bond acceptors (Lipinski definition) is 6. The molecule has 0 radical (unpaired) electrons. The smallest absolute Gasteiger partial charge is 0.408 e. The van der Waals surface area contributed by atoms with Crippen molar-refractivity contribution < 1.29 is 29.0 Å². The highest BCUT2D eigenvalue weighted by molar-refractivity contribution is 5.99. The first-order valence-corrected chi connectivity index (χ1v) is 13.0. The van der Waals surface area contributed by atoms with Gasteiger partial charge in [0.25, 0.3) is 5.91 Å². The van der Waals surface area contributed by atoms with Gasteiger partial charge in [0, 0.05) is 12.2 Å². The number of nitrogens with one attached hydrogen (secondary N) is 2. The fourth-order valence-electron chi connectivity index (χ4n) is 3.88. The number of phenolic OH excluding ortho intramolecular Hbond substituents is 1. The number of carbonyl (C=O) groups excluding carboxylic acids is 3. The van der Waals surface area contributed by atoms with E-state index in [4.69, 9.17) is 9.47 Å². The molecule has 0 saturated heterocycles. The number of phenols is 1. The van der Waals surface area contributed by atoms with Crippen LogP contribution >= 0.6 is 0 Å². The minimum atomic E-state index is -1.00. The maximum Gasteiger partial charge on any atom is 0.408 e. The number of aromatic hydroxyl groups is 1. The number of unbranched alkanes of at least 4 members (excludes halogenated alkanes) is 3. The maximum atomic E-state index is 13.7. The Kier molecular flexibility index (Phi) is 11.4. The van der Waals surface area contributed by atoms with Crippen molar-refractivity contribution in [3.8, 4) is 11.5 Å². The van der Waals surface area contributed by atoms with Crippen molar-refractivity contribution in [1.29, 1.82) is 0 Å². The standard InChI is InChI=1S/C29H41N3O6/c1-7-8-9-10-19-32(27(35)20(2)30-28(36)38-29(3,4)5)25(21-11-15-23(33)16-12-21)26(34)31-22-13-17-24(37-6)18-14-22/h11-18,20,25,33H,7-10,19H2,1-6H3,(H,30,36)(H,31,34). The molecule has 3 N–H and O–H groups in total. The van der Waals surface area contributed by atoms with Crippen LogP contribution in [0.4, 0.5) is 10.5 Å². The fraction of sp³-hybridized carbons (Fsp3) is 0.483. The van der Waals surface area contributed by atoms with Crippen molar-refractivity contribution in [1.82, 2.24) is 10.2 Å². The summed E-state index contributed by atoms with van der Waals surface area (Å²) in [6, 6.07) is 11.1. The van der Waals surface area contributed by atoms with Crippen molar-refractivity contribution in [2.75, 3.05) is 19.0 Å². The first-order valence-electron chi connectivity index (χ1n) is 13.0. The van der Waals surface area contributed by atoms with Gasteiger partial charge in [0.05, 0.1) is 7.11 Å². The molecule has 208 valence electrons. The fourth-order valence-corrected chi connectivity index (χ4v) is 3.88. The largest absolute Gasteiger partial charge is 0.508 e. The van der Waals surface area contributed by atoms with E-state index in [0.29, 0.717) is 30.0 Å². The number of hydrogen-bond donors (Lipinski definition) is 3. The Morgan fingerprint density at radius 1 is 0.974 bits per heavy atom. The molecule has 0 saturated carbocycles. The van der Waals surface area contributed by atoms with Crippen LogP contribution in [0.5, 0.6) is 11.5 Å². The second kappa shape index (κ2) is 14.3. The molecule has 9 nitrogen and oxygen atoms in total. The Bertz CT molecular complexity index is 1050. The van der Waals surface area contributed by atoms with E-state index < -0.39 is 35.6 Å². The predicted octanol–water partition coefficient (Wildman–Crippen LogP) is 5.40. The van der Waals surface area contributed by atoms with Gasteiger partial charge in [0.2, 0.25) is 5.91 Å². The molecular weight excluding hydrogens is 486 g/mol. The van der Waals surface area contributed by atoms with E-state index in [0.717, 1.165) is 19.3 Å². The van der Waals surface area contributed by atoms with Crippen molar-refractivity contribution in [3.63, 3.8) is 0 Å². The Balaban J connectivity index is 2.40. The van der Waals surface area contributed by atoms with Crippen LogP contribution in [0, 0.1) is 0 Å². The first kappa shape index (κ1) is 30.5. The van der Waals surface area contributed by atoms with Gasteiger partial charge in [-0.15, -0.1) is 0 Å². The van der Waals surface area contributed by atoms with Gasteiger partial charge in [-0.2, -0.15) is 0 Å². The second-order valence-electron chi connectivity index (χ2n) is 10.2. The number of rotatable bonds is 12. The zero-order chi connectivity index (χ0) is 28.3. The van der Waals surface area contributed by atoms with Crippen LogP contribution in [0.15, 0.2) is 48.5 Å². The summed E-state index contributed by atoms with van der Waals surface area (Å²) < 4.78 is 10.5. The van der Waals surface area contributed by atoms with E-state index in [-0.39, 0.29) is 5.75 Å². The Morgan fingerprint density at radius 3 is 2.16 bits per heavy atom. The molecule has 0 aliphatic carbocycles. The molecule has 2 unspecified atom stereocenters. The van der Waals surface area contributed by atoms with Crippen molar-refractivity contribution in [2.24, 2.45) is 0 Å². The zero-order valence-corrected chi connectivity index (χ0v) is 23.2. The van der Waals surface area contributed by atoms with E-state index in [1.165, 1.54) is 17.0 Å². The van der Waals surface area contributed by atoms with Crippen molar-refractivity contribution in [3.05, 3.63) is 54.1 Å². The van der Waals surface area contributed by atoms with Crippen LogP contribution in [-0.2, 0) is 14.3 Å². The summed E-state index contributed by atoms with van der Waals surface area (Å²) in [6.45, 7) is 9.19. The molecule has 38 heavy (non-hydrogen) atoms. The summed E-state index contributed by atoms with van der Waals surface area (Å²) in [5, 5.41) is 15.3. The number of ether oxygens (including phenoxy) is 2. The third-order valence-electron chi connectivity index (χ3n) is 5.77. The third-order valence-corrected chi connectivity index (χ3v) is 5.77.